The molecule has 0 aromatic carbocycles. The fourth-order valence-electron chi connectivity index (χ4n) is 1.62. The van der Waals surface area contributed by atoms with E-state index in [0.717, 1.165) is 37.8 Å². The van der Waals surface area contributed by atoms with E-state index in [-0.39, 0.29) is 6.61 Å². The molecule has 17 heavy (non-hydrogen) atoms. The molecule has 0 unspecified atom stereocenters. The van der Waals surface area contributed by atoms with E-state index in [0.29, 0.717) is 12.2 Å². The Balaban J connectivity index is 2.16. The molecule has 0 aliphatic carbocycles. The van der Waals surface area contributed by atoms with Crippen molar-refractivity contribution in [2.24, 2.45) is 0 Å². The summed E-state index contributed by atoms with van der Waals surface area (Å²) in [6.07, 6.45) is 5.83. The second-order valence-corrected chi connectivity index (χ2v) is 3.94. The smallest absolute Gasteiger partial charge is 0.144 e. The number of pyridine rings is 1. The van der Waals surface area contributed by atoms with Crippen LogP contribution >= 0.6 is 0 Å². The molecule has 0 saturated heterocycles. The van der Waals surface area contributed by atoms with Gasteiger partial charge in [0.25, 0.3) is 0 Å². The summed E-state index contributed by atoms with van der Waals surface area (Å²) in [5.41, 5.74) is 1.45. The Labute approximate surface area is 102 Å². The highest BCUT2D eigenvalue weighted by Gasteiger charge is 2.00. The molecule has 0 amide bonds. The molecule has 2 N–H and O–H groups in total. The van der Waals surface area contributed by atoms with Crippen molar-refractivity contribution in [2.75, 3.05) is 13.2 Å². The Bertz CT molecular complexity index is 360. The lowest BCUT2D eigenvalue weighted by atomic mass is 10.2. The summed E-state index contributed by atoms with van der Waals surface area (Å²) in [4.78, 5) is 4.01. The summed E-state index contributed by atoms with van der Waals surface area (Å²) in [6.45, 7) is 1.91. The Morgan fingerprint density at radius 3 is 2.88 bits per heavy atom. The van der Waals surface area contributed by atoms with Gasteiger partial charge >= 0.3 is 0 Å². The molecule has 0 radical (unpaired) electrons. The molecule has 1 aromatic heterocycles. The molecular weight excluding hydrogens is 214 g/mol. The van der Waals surface area contributed by atoms with Crippen LogP contribution in [0.2, 0.25) is 0 Å². The van der Waals surface area contributed by atoms with Crippen molar-refractivity contribution in [3.63, 3.8) is 0 Å². The number of hydrogen-bond acceptors (Lipinski definition) is 4. The number of rotatable bonds is 8. The zero-order chi connectivity index (χ0) is 12.3. The van der Waals surface area contributed by atoms with E-state index in [4.69, 9.17) is 10.4 Å². The molecule has 0 spiro atoms. The van der Waals surface area contributed by atoms with Crippen LogP contribution in [0.5, 0.6) is 0 Å². The number of aliphatic hydroxyl groups excluding tert-OH is 1. The normalized spacial score (nSPS) is 10.1. The Morgan fingerprint density at radius 1 is 1.29 bits per heavy atom. The topological polar surface area (TPSA) is 68.9 Å². The number of aliphatic hydroxyl groups is 1. The molecule has 1 rings (SSSR count). The largest absolute Gasteiger partial charge is 0.396 e. The average molecular weight is 233 g/mol. The maximum atomic E-state index is 8.85. The molecule has 0 saturated carbocycles. The van der Waals surface area contributed by atoms with Crippen LogP contribution in [0, 0.1) is 11.3 Å². The predicted molar refractivity (Wildman–Crippen MR) is 66.2 cm³/mol. The average Bonchev–Trinajstić information content (AvgIpc) is 2.38. The van der Waals surface area contributed by atoms with Crippen LogP contribution in [0.4, 0.5) is 0 Å². The first kappa shape index (κ1) is 13.6. The fourth-order valence-corrected chi connectivity index (χ4v) is 1.62. The summed E-state index contributed by atoms with van der Waals surface area (Å²) in [7, 11) is 0. The van der Waals surface area contributed by atoms with Crippen LogP contribution in [-0.4, -0.2) is 23.2 Å². The molecule has 4 heteroatoms. The van der Waals surface area contributed by atoms with Crippen LogP contribution in [0.25, 0.3) is 0 Å². The van der Waals surface area contributed by atoms with Gasteiger partial charge in [-0.1, -0.05) is 18.9 Å². The van der Waals surface area contributed by atoms with E-state index < -0.39 is 0 Å². The van der Waals surface area contributed by atoms with Gasteiger partial charge < -0.3 is 10.4 Å². The van der Waals surface area contributed by atoms with Gasteiger partial charge in [-0.05, 0) is 25.5 Å². The second-order valence-electron chi connectivity index (χ2n) is 3.94. The zero-order valence-electron chi connectivity index (χ0n) is 10.0. The number of unbranched alkanes of at least 4 members (excludes halogenated alkanes) is 3. The van der Waals surface area contributed by atoms with E-state index in [1.54, 1.807) is 6.20 Å². The molecule has 0 fully saturated rings. The molecule has 0 aliphatic heterocycles. The zero-order valence-corrected chi connectivity index (χ0v) is 10.0. The van der Waals surface area contributed by atoms with Crippen LogP contribution in [0.1, 0.15) is 36.9 Å². The first-order valence-corrected chi connectivity index (χ1v) is 6.04. The Morgan fingerprint density at radius 2 is 2.12 bits per heavy atom. The van der Waals surface area contributed by atoms with Gasteiger partial charge in [0.1, 0.15) is 11.8 Å². The molecule has 92 valence electrons. The third kappa shape index (κ3) is 5.43. The molecule has 4 nitrogen and oxygen atoms in total. The van der Waals surface area contributed by atoms with Crippen molar-refractivity contribution < 1.29 is 5.11 Å². The van der Waals surface area contributed by atoms with E-state index >= 15 is 0 Å². The highest BCUT2D eigenvalue weighted by molar-refractivity contribution is 5.30. The maximum Gasteiger partial charge on any atom is 0.144 e. The van der Waals surface area contributed by atoms with Crippen LogP contribution in [-0.2, 0) is 6.54 Å². The first-order chi connectivity index (χ1) is 8.38. The van der Waals surface area contributed by atoms with Crippen molar-refractivity contribution in [1.29, 1.82) is 5.26 Å². The van der Waals surface area contributed by atoms with Crippen molar-refractivity contribution in [3.8, 4) is 6.07 Å². The van der Waals surface area contributed by atoms with Crippen molar-refractivity contribution >= 4 is 0 Å². The summed E-state index contributed by atoms with van der Waals surface area (Å²) >= 11 is 0. The van der Waals surface area contributed by atoms with E-state index in [1.807, 2.05) is 12.1 Å². The number of nitriles is 1. The SMILES string of the molecule is N#Cc1ncccc1CNCCCCCCO. The molecule has 0 bridgehead atoms. The first-order valence-electron chi connectivity index (χ1n) is 6.04. The summed E-state index contributed by atoms with van der Waals surface area (Å²) in [5, 5.41) is 20.8. The highest BCUT2D eigenvalue weighted by atomic mass is 16.2. The number of hydrogen-bond donors (Lipinski definition) is 2. The molecular formula is C13H19N3O. The van der Waals surface area contributed by atoms with Crippen molar-refractivity contribution in [1.82, 2.24) is 10.3 Å². The Kier molecular flexibility index (Phi) is 6.96. The standard InChI is InChI=1S/C13H19N3O/c14-10-13-12(6-5-8-16-13)11-15-7-3-1-2-4-9-17/h5-6,8,15,17H,1-4,7,9,11H2. The van der Waals surface area contributed by atoms with E-state index in [9.17, 15) is 0 Å². The minimum absolute atomic E-state index is 0.286. The van der Waals surface area contributed by atoms with Gasteiger partial charge in [-0.15, -0.1) is 0 Å². The third-order valence-corrected chi connectivity index (χ3v) is 2.57. The molecule has 0 aliphatic rings. The second kappa shape index (κ2) is 8.68. The minimum Gasteiger partial charge on any atom is -0.396 e. The van der Waals surface area contributed by atoms with Gasteiger partial charge in [0, 0.05) is 24.9 Å². The summed E-state index contributed by atoms with van der Waals surface area (Å²) in [6, 6.07) is 5.85. The van der Waals surface area contributed by atoms with Gasteiger partial charge in [0.2, 0.25) is 0 Å². The van der Waals surface area contributed by atoms with Gasteiger partial charge in [-0.2, -0.15) is 5.26 Å². The lowest BCUT2D eigenvalue weighted by molar-refractivity contribution is 0.282. The fraction of sp³-hybridized carbons (Fsp3) is 0.538. The number of nitrogens with zero attached hydrogens (tertiary/aromatic N) is 2. The van der Waals surface area contributed by atoms with Crippen LogP contribution in [0.3, 0.4) is 0 Å². The van der Waals surface area contributed by atoms with Crippen LogP contribution in [0.15, 0.2) is 18.3 Å². The van der Waals surface area contributed by atoms with Gasteiger partial charge in [0.05, 0.1) is 0 Å². The molecule has 0 atom stereocenters. The van der Waals surface area contributed by atoms with Gasteiger partial charge in [-0.25, -0.2) is 4.98 Å². The van der Waals surface area contributed by atoms with E-state index in [1.165, 1.54) is 0 Å². The number of aromatic nitrogens is 1. The van der Waals surface area contributed by atoms with Crippen LogP contribution < -0.4 is 5.32 Å². The lowest BCUT2D eigenvalue weighted by Crippen LogP contribution is -2.15. The van der Waals surface area contributed by atoms with Crippen molar-refractivity contribution in [3.05, 3.63) is 29.6 Å². The summed E-state index contributed by atoms with van der Waals surface area (Å²) in [5.74, 6) is 0. The lowest BCUT2D eigenvalue weighted by Gasteiger charge is -2.05. The van der Waals surface area contributed by atoms with Crippen molar-refractivity contribution in [2.45, 2.75) is 32.2 Å². The highest BCUT2D eigenvalue weighted by Crippen LogP contribution is 2.03. The van der Waals surface area contributed by atoms with E-state index in [2.05, 4.69) is 16.4 Å². The van der Waals surface area contributed by atoms with Gasteiger partial charge in [0.15, 0.2) is 0 Å². The third-order valence-electron chi connectivity index (χ3n) is 2.57. The molecule has 1 aromatic rings. The Hall–Kier alpha value is -1.44. The maximum absolute atomic E-state index is 8.85. The number of nitrogens with one attached hydrogen (secondary N) is 1. The minimum atomic E-state index is 0.286. The summed E-state index contributed by atoms with van der Waals surface area (Å²) < 4.78 is 0. The quantitative estimate of drug-likeness (QED) is 0.669. The predicted octanol–water partition coefficient (Wildman–Crippen LogP) is 1.60. The monoisotopic (exact) mass is 233 g/mol. The molecule has 1 heterocycles. The van der Waals surface area contributed by atoms with Gasteiger partial charge in [-0.3, -0.25) is 0 Å².